The van der Waals surface area contributed by atoms with E-state index >= 15 is 0 Å². The molecule has 0 fully saturated rings. The zero-order chi connectivity index (χ0) is 18.5. The van der Waals surface area contributed by atoms with Crippen LogP contribution in [0.4, 0.5) is 0 Å². The summed E-state index contributed by atoms with van der Waals surface area (Å²) >= 11 is 0. The van der Waals surface area contributed by atoms with Crippen LogP contribution < -0.4 is 5.32 Å². The van der Waals surface area contributed by atoms with Gasteiger partial charge in [-0.25, -0.2) is 0 Å². The van der Waals surface area contributed by atoms with Gasteiger partial charge < -0.3 is 0 Å². The molecule has 0 saturated heterocycles. The lowest BCUT2D eigenvalue weighted by atomic mass is 9.96. The minimum Gasteiger partial charge on any atom is -0.287 e. The van der Waals surface area contributed by atoms with Crippen LogP contribution in [-0.2, 0) is 0 Å². The van der Waals surface area contributed by atoms with Crippen molar-refractivity contribution in [3.63, 3.8) is 0 Å². The summed E-state index contributed by atoms with van der Waals surface area (Å²) in [6.45, 7) is 0. The molecule has 1 unspecified atom stereocenters. The molecule has 130 valence electrons. The van der Waals surface area contributed by atoms with Gasteiger partial charge in [0.2, 0.25) is 0 Å². The van der Waals surface area contributed by atoms with Crippen molar-refractivity contribution in [2.75, 3.05) is 0 Å². The van der Waals surface area contributed by atoms with Crippen LogP contribution in [0.5, 0.6) is 0 Å². The summed E-state index contributed by atoms with van der Waals surface area (Å²) in [7, 11) is 0. The van der Waals surface area contributed by atoms with Crippen LogP contribution in [0.2, 0.25) is 0 Å². The fourth-order valence-electron chi connectivity index (χ4n) is 3.44. The summed E-state index contributed by atoms with van der Waals surface area (Å²) < 4.78 is 0. The van der Waals surface area contributed by atoms with Crippen LogP contribution in [0.25, 0.3) is 10.8 Å². The third-order valence-electron chi connectivity index (χ3n) is 4.84. The monoisotopic (exact) mass is 348 g/mol. The number of nitrogens with one attached hydrogen (secondary N) is 1. The fraction of sp³-hybridized carbons (Fsp3) is 0.0800. The molecule has 0 aliphatic heterocycles. The predicted octanol–water partition coefficient (Wildman–Crippen LogP) is 5.78. The maximum atomic E-state index is 9.88. The van der Waals surface area contributed by atoms with Gasteiger partial charge in [0.25, 0.3) is 0 Å². The molecule has 4 rings (SSSR count). The molecule has 2 heteroatoms. The van der Waals surface area contributed by atoms with Gasteiger partial charge in [-0.3, -0.25) is 5.32 Å². The topological polar surface area (TPSA) is 35.8 Å². The largest absolute Gasteiger partial charge is 0.287 e. The highest BCUT2D eigenvalue weighted by Crippen LogP contribution is 2.27. The van der Waals surface area contributed by atoms with Crippen LogP contribution >= 0.6 is 0 Å². The van der Waals surface area contributed by atoms with E-state index in [1.54, 1.807) is 0 Å². The molecular weight excluding hydrogens is 328 g/mol. The van der Waals surface area contributed by atoms with E-state index in [1.165, 1.54) is 5.39 Å². The van der Waals surface area contributed by atoms with Gasteiger partial charge in [0.1, 0.15) is 6.04 Å². The first-order chi connectivity index (χ1) is 13.3. The second-order valence-corrected chi connectivity index (χ2v) is 6.59. The van der Waals surface area contributed by atoms with Gasteiger partial charge in [-0.05, 0) is 33.5 Å². The van der Waals surface area contributed by atoms with Crippen LogP contribution in [-0.4, -0.2) is 0 Å². The number of benzene rings is 4. The Kier molecular flexibility index (Phi) is 4.96. The summed E-state index contributed by atoms with van der Waals surface area (Å²) in [5.41, 5.74) is 3.27. The summed E-state index contributed by atoms with van der Waals surface area (Å²) in [4.78, 5) is 0. The number of nitriles is 1. The Bertz CT molecular complexity index is 1030. The van der Waals surface area contributed by atoms with E-state index in [-0.39, 0.29) is 6.04 Å². The molecule has 0 bridgehead atoms. The molecule has 2 nitrogen and oxygen atoms in total. The quantitative estimate of drug-likeness (QED) is 0.496. The number of fused-ring (bicyclic) bond motifs is 1. The molecule has 0 aromatic heterocycles. The Balaban J connectivity index is 1.71. The van der Waals surface area contributed by atoms with Gasteiger partial charge in [0, 0.05) is 0 Å². The van der Waals surface area contributed by atoms with E-state index in [9.17, 15) is 5.26 Å². The van der Waals surface area contributed by atoms with Gasteiger partial charge in [-0.1, -0.05) is 97.1 Å². The lowest BCUT2D eigenvalue weighted by Crippen LogP contribution is -2.26. The normalized spacial score (nSPS) is 12.0. The smallest absolute Gasteiger partial charge is 0.122 e. The second-order valence-electron chi connectivity index (χ2n) is 6.59. The highest BCUT2D eigenvalue weighted by atomic mass is 15.0. The Labute approximate surface area is 159 Å². The first kappa shape index (κ1) is 17.0. The van der Waals surface area contributed by atoms with Gasteiger partial charge in [0.15, 0.2) is 0 Å². The number of hydrogen-bond acceptors (Lipinski definition) is 2. The molecule has 0 aliphatic rings. The molecule has 0 radical (unpaired) electrons. The molecule has 0 amide bonds. The third-order valence-corrected chi connectivity index (χ3v) is 4.84. The maximum absolute atomic E-state index is 9.88. The van der Waals surface area contributed by atoms with Gasteiger partial charge in [0.05, 0.1) is 12.1 Å². The van der Waals surface area contributed by atoms with E-state index in [4.69, 9.17) is 0 Å². The lowest BCUT2D eigenvalue weighted by Gasteiger charge is -2.23. The van der Waals surface area contributed by atoms with Crippen LogP contribution in [0, 0.1) is 11.3 Å². The van der Waals surface area contributed by atoms with Crippen molar-refractivity contribution >= 4 is 10.8 Å². The second kappa shape index (κ2) is 7.86. The Morgan fingerprint density at radius 1 is 0.593 bits per heavy atom. The number of hydrogen-bond donors (Lipinski definition) is 1. The van der Waals surface area contributed by atoms with E-state index in [0.717, 1.165) is 22.1 Å². The predicted molar refractivity (Wildman–Crippen MR) is 110 cm³/mol. The van der Waals surface area contributed by atoms with Crippen molar-refractivity contribution in [3.8, 4) is 6.07 Å². The molecule has 27 heavy (non-hydrogen) atoms. The van der Waals surface area contributed by atoms with Crippen molar-refractivity contribution in [2.24, 2.45) is 0 Å². The van der Waals surface area contributed by atoms with E-state index < -0.39 is 6.04 Å². The van der Waals surface area contributed by atoms with E-state index in [2.05, 4.69) is 59.9 Å². The summed E-state index contributed by atoms with van der Waals surface area (Å²) in [5.74, 6) is 0. The number of rotatable bonds is 5. The highest BCUT2D eigenvalue weighted by Gasteiger charge is 2.20. The summed E-state index contributed by atoms with van der Waals surface area (Å²) in [6, 6.07) is 37.0. The standard InChI is InChI=1S/C25H20N2/c26-18-24(23-16-15-19-9-7-8-14-22(19)17-23)27-25(20-10-3-1-4-11-20)21-12-5-2-6-13-21/h1-17,24-25,27H. The molecular formula is C25H20N2. The number of nitrogens with zero attached hydrogens (tertiary/aromatic N) is 1. The molecule has 1 N–H and O–H groups in total. The zero-order valence-corrected chi connectivity index (χ0v) is 14.9. The SMILES string of the molecule is N#CC(NC(c1ccccc1)c1ccccc1)c1ccc2ccccc2c1. The molecule has 0 spiro atoms. The van der Waals surface area contributed by atoms with E-state index in [1.807, 2.05) is 54.6 Å². The van der Waals surface area contributed by atoms with Crippen LogP contribution in [0.3, 0.4) is 0 Å². The first-order valence-electron chi connectivity index (χ1n) is 9.09. The molecule has 0 saturated carbocycles. The van der Waals surface area contributed by atoms with Crippen molar-refractivity contribution in [1.82, 2.24) is 5.32 Å². The van der Waals surface area contributed by atoms with Gasteiger partial charge in [-0.15, -0.1) is 0 Å². The Morgan fingerprint density at radius 2 is 1.15 bits per heavy atom. The van der Waals surface area contributed by atoms with Crippen molar-refractivity contribution in [1.29, 1.82) is 5.26 Å². The van der Waals surface area contributed by atoms with Crippen molar-refractivity contribution < 1.29 is 0 Å². The van der Waals surface area contributed by atoms with Crippen molar-refractivity contribution in [2.45, 2.75) is 12.1 Å². The zero-order valence-electron chi connectivity index (χ0n) is 14.9. The van der Waals surface area contributed by atoms with Gasteiger partial charge >= 0.3 is 0 Å². The average Bonchev–Trinajstić information content (AvgIpc) is 2.75. The fourth-order valence-corrected chi connectivity index (χ4v) is 3.44. The van der Waals surface area contributed by atoms with Crippen LogP contribution in [0.15, 0.2) is 103 Å². The Hall–Kier alpha value is -3.41. The minimum atomic E-state index is -0.403. The van der Waals surface area contributed by atoms with Gasteiger partial charge in [-0.2, -0.15) is 5.26 Å². The third kappa shape index (κ3) is 3.74. The summed E-state index contributed by atoms with van der Waals surface area (Å²) in [5, 5.41) is 15.8. The van der Waals surface area contributed by atoms with Crippen LogP contribution in [0.1, 0.15) is 28.8 Å². The molecule has 4 aromatic carbocycles. The Morgan fingerprint density at radius 3 is 1.74 bits per heavy atom. The molecule has 1 atom stereocenters. The molecule has 4 aromatic rings. The summed E-state index contributed by atoms with van der Waals surface area (Å²) in [6.07, 6.45) is 0. The lowest BCUT2D eigenvalue weighted by molar-refractivity contribution is 0.559. The van der Waals surface area contributed by atoms with E-state index in [0.29, 0.717) is 0 Å². The molecule has 0 aliphatic carbocycles. The maximum Gasteiger partial charge on any atom is 0.122 e. The highest BCUT2D eigenvalue weighted by molar-refractivity contribution is 5.83. The molecule has 0 heterocycles. The average molecular weight is 348 g/mol. The minimum absolute atomic E-state index is 0.0523. The first-order valence-corrected chi connectivity index (χ1v) is 9.09. The van der Waals surface area contributed by atoms with Crippen molar-refractivity contribution in [3.05, 3.63) is 120 Å².